The molecule has 0 aliphatic carbocycles. The van der Waals surface area contributed by atoms with Crippen LogP contribution in [0, 0.1) is 0 Å². The minimum absolute atomic E-state index is 0.0814. The van der Waals surface area contributed by atoms with E-state index in [0.29, 0.717) is 6.54 Å². The zero-order chi connectivity index (χ0) is 15.4. The Labute approximate surface area is 137 Å². The van der Waals surface area contributed by atoms with Gasteiger partial charge in [0.1, 0.15) is 0 Å². The molecule has 2 aromatic rings. The Bertz CT molecular complexity index is 604. The molecule has 0 saturated carbocycles. The largest absolute Gasteiger partial charge is 0.330 e. The topological polar surface area (TPSA) is 29.3 Å². The monoisotopic (exact) mass is 314 g/mol. The summed E-state index contributed by atoms with van der Waals surface area (Å²) in [5.41, 5.74) is 8.91. The second-order valence-corrected chi connectivity index (χ2v) is 6.69. The summed E-state index contributed by atoms with van der Waals surface area (Å²) in [6, 6.07) is 18.9. The van der Waals surface area contributed by atoms with Crippen molar-refractivity contribution in [3.63, 3.8) is 0 Å². The van der Waals surface area contributed by atoms with Crippen molar-refractivity contribution >= 4 is 11.6 Å². The van der Waals surface area contributed by atoms with E-state index in [4.69, 9.17) is 17.3 Å². The van der Waals surface area contributed by atoms with Crippen LogP contribution in [0.5, 0.6) is 0 Å². The second-order valence-electron chi connectivity index (χ2n) is 6.26. The number of piperidine rings is 1. The van der Waals surface area contributed by atoms with Gasteiger partial charge in [-0.15, -0.1) is 0 Å². The van der Waals surface area contributed by atoms with Crippen molar-refractivity contribution in [2.24, 2.45) is 5.73 Å². The number of nitrogens with zero attached hydrogens (tertiary/aromatic N) is 1. The molecule has 1 heterocycles. The summed E-state index contributed by atoms with van der Waals surface area (Å²) >= 11 is 6.17. The maximum Gasteiger partial charge on any atom is 0.0408 e. The van der Waals surface area contributed by atoms with Crippen LogP contribution in [0.15, 0.2) is 54.6 Å². The Morgan fingerprint density at radius 1 is 1.00 bits per heavy atom. The predicted octanol–water partition coefficient (Wildman–Crippen LogP) is 3.83. The molecule has 0 radical (unpaired) electrons. The molecule has 1 saturated heterocycles. The number of halogens is 1. The Balaban J connectivity index is 1.69. The first-order valence-corrected chi connectivity index (χ1v) is 8.32. The fourth-order valence-electron chi connectivity index (χ4n) is 3.41. The highest BCUT2D eigenvalue weighted by atomic mass is 35.5. The molecule has 1 fully saturated rings. The van der Waals surface area contributed by atoms with Crippen molar-refractivity contribution in [3.05, 3.63) is 70.7 Å². The van der Waals surface area contributed by atoms with Crippen LogP contribution in [0.4, 0.5) is 0 Å². The third-order valence-electron chi connectivity index (χ3n) is 4.89. The summed E-state index contributed by atoms with van der Waals surface area (Å²) in [6.45, 7) is 3.88. The average Bonchev–Trinajstić information content (AvgIpc) is 2.57. The molecule has 0 unspecified atom stereocenters. The molecule has 1 aliphatic rings. The molecule has 2 nitrogen and oxygen atoms in total. The van der Waals surface area contributed by atoms with Crippen LogP contribution < -0.4 is 5.73 Å². The molecular formula is C19H23ClN2. The van der Waals surface area contributed by atoms with Crippen LogP contribution in [-0.4, -0.2) is 24.5 Å². The fourth-order valence-corrected chi connectivity index (χ4v) is 3.60. The zero-order valence-corrected chi connectivity index (χ0v) is 13.6. The average molecular weight is 315 g/mol. The number of hydrogen-bond acceptors (Lipinski definition) is 2. The van der Waals surface area contributed by atoms with Crippen molar-refractivity contribution in [2.75, 3.05) is 19.6 Å². The smallest absolute Gasteiger partial charge is 0.0408 e. The van der Waals surface area contributed by atoms with E-state index in [1.54, 1.807) is 0 Å². The lowest BCUT2D eigenvalue weighted by atomic mass is 9.73. The van der Waals surface area contributed by atoms with E-state index in [9.17, 15) is 0 Å². The molecule has 116 valence electrons. The van der Waals surface area contributed by atoms with Gasteiger partial charge in [-0.05, 0) is 49.2 Å². The molecule has 0 aromatic heterocycles. The molecule has 22 heavy (non-hydrogen) atoms. The molecule has 2 N–H and O–H groups in total. The van der Waals surface area contributed by atoms with Gasteiger partial charge in [-0.3, -0.25) is 4.90 Å². The van der Waals surface area contributed by atoms with E-state index in [1.165, 1.54) is 11.1 Å². The minimum atomic E-state index is 0.0814. The van der Waals surface area contributed by atoms with Crippen molar-refractivity contribution in [1.29, 1.82) is 0 Å². The Morgan fingerprint density at radius 3 is 2.36 bits per heavy atom. The molecule has 1 aliphatic heterocycles. The predicted molar refractivity (Wildman–Crippen MR) is 93.1 cm³/mol. The highest BCUT2D eigenvalue weighted by molar-refractivity contribution is 6.30. The molecule has 0 amide bonds. The third kappa shape index (κ3) is 3.35. The first kappa shape index (κ1) is 15.5. The number of likely N-dealkylation sites (tertiary alicyclic amines) is 1. The van der Waals surface area contributed by atoms with Gasteiger partial charge < -0.3 is 5.73 Å². The maximum atomic E-state index is 6.17. The van der Waals surface area contributed by atoms with Gasteiger partial charge >= 0.3 is 0 Å². The van der Waals surface area contributed by atoms with Crippen LogP contribution in [0.25, 0.3) is 0 Å². The molecular weight excluding hydrogens is 292 g/mol. The summed E-state index contributed by atoms with van der Waals surface area (Å²) in [6.07, 6.45) is 2.19. The Kier molecular flexibility index (Phi) is 4.82. The Hall–Kier alpha value is -1.35. The van der Waals surface area contributed by atoms with E-state index in [-0.39, 0.29) is 5.41 Å². The summed E-state index contributed by atoms with van der Waals surface area (Å²) in [5.74, 6) is 0. The van der Waals surface area contributed by atoms with Gasteiger partial charge in [0.15, 0.2) is 0 Å². The first-order chi connectivity index (χ1) is 10.7. The molecule has 3 heteroatoms. The zero-order valence-electron chi connectivity index (χ0n) is 12.8. The van der Waals surface area contributed by atoms with Gasteiger partial charge in [0.25, 0.3) is 0 Å². The number of nitrogens with two attached hydrogens (primary N) is 1. The van der Waals surface area contributed by atoms with Crippen molar-refractivity contribution in [2.45, 2.75) is 24.8 Å². The lowest BCUT2D eigenvalue weighted by molar-refractivity contribution is 0.156. The van der Waals surface area contributed by atoms with E-state index in [0.717, 1.165) is 37.5 Å². The van der Waals surface area contributed by atoms with E-state index in [2.05, 4.69) is 47.4 Å². The van der Waals surface area contributed by atoms with E-state index < -0.39 is 0 Å². The SMILES string of the molecule is NCC1(c2cccc(Cl)c2)CCN(Cc2ccccc2)CC1. The Morgan fingerprint density at radius 2 is 1.73 bits per heavy atom. The van der Waals surface area contributed by atoms with Gasteiger partial charge in [0, 0.05) is 23.5 Å². The summed E-state index contributed by atoms with van der Waals surface area (Å²) in [7, 11) is 0. The van der Waals surface area contributed by atoms with Gasteiger partial charge in [-0.2, -0.15) is 0 Å². The number of hydrogen-bond donors (Lipinski definition) is 1. The lowest BCUT2D eigenvalue weighted by Gasteiger charge is -2.41. The van der Waals surface area contributed by atoms with Crippen molar-refractivity contribution in [3.8, 4) is 0 Å². The van der Waals surface area contributed by atoms with Gasteiger partial charge in [0.05, 0.1) is 0 Å². The second kappa shape index (κ2) is 6.82. The standard InChI is InChI=1S/C19H23ClN2/c20-18-8-4-7-17(13-18)19(15-21)9-11-22(12-10-19)14-16-5-2-1-3-6-16/h1-8,13H,9-12,14-15,21H2. The highest BCUT2D eigenvalue weighted by Gasteiger charge is 2.35. The van der Waals surface area contributed by atoms with E-state index >= 15 is 0 Å². The quantitative estimate of drug-likeness (QED) is 0.929. The van der Waals surface area contributed by atoms with Crippen LogP contribution in [-0.2, 0) is 12.0 Å². The molecule has 2 aromatic carbocycles. The molecule has 0 atom stereocenters. The lowest BCUT2D eigenvalue weighted by Crippen LogP contribution is -2.46. The van der Waals surface area contributed by atoms with Crippen molar-refractivity contribution in [1.82, 2.24) is 4.90 Å². The fraction of sp³-hybridized carbons (Fsp3) is 0.368. The number of rotatable bonds is 4. The van der Waals surface area contributed by atoms with E-state index in [1.807, 2.05) is 12.1 Å². The maximum absolute atomic E-state index is 6.17. The normalized spacial score (nSPS) is 18.3. The summed E-state index contributed by atoms with van der Waals surface area (Å²) in [5, 5.41) is 0.803. The summed E-state index contributed by atoms with van der Waals surface area (Å²) < 4.78 is 0. The van der Waals surface area contributed by atoms with Crippen LogP contribution >= 0.6 is 11.6 Å². The first-order valence-electron chi connectivity index (χ1n) is 7.94. The van der Waals surface area contributed by atoms with Crippen LogP contribution in [0.1, 0.15) is 24.0 Å². The van der Waals surface area contributed by atoms with Gasteiger partial charge in [-0.1, -0.05) is 54.1 Å². The number of benzene rings is 2. The van der Waals surface area contributed by atoms with Crippen LogP contribution in [0.2, 0.25) is 5.02 Å². The van der Waals surface area contributed by atoms with Crippen LogP contribution in [0.3, 0.4) is 0 Å². The molecule has 3 rings (SSSR count). The van der Waals surface area contributed by atoms with Gasteiger partial charge in [-0.25, -0.2) is 0 Å². The third-order valence-corrected chi connectivity index (χ3v) is 5.12. The molecule has 0 bridgehead atoms. The van der Waals surface area contributed by atoms with Crippen molar-refractivity contribution < 1.29 is 0 Å². The van der Waals surface area contributed by atoms with Gasteiger partial charge in [0.2, 0.25) is 0 Å². The molecule has 0 spiro atoms. The summed E-state index contributed by atoms with van der Waals surface area (Å²) in [4.78, 5) is 2.52. The highest BCUT2D eigenvalue weighted by Crippen LogP contribution is 2.36. The minimum Gasteiger partial charge on any atom is -0.330 e.